The van der Waals surface area contributed by atoms with E-state index in [1.54, 1.807) is 0 Å². The van der Waals surface area contributed by atoms with E-state index in [1.165, 1.54) is 44.3 Å². The maximum absolute atomic E-state index is 13.4. The summed E-state index contributed by atoms with van der Waals surface area (Å²) >= 11 is 0. The Morgan fingerprint density at radius 3 is 2.18 bits per heavy atom. The lowest BCUT2D eigenvalue weighted by Crippen LogP contribution is -2.35. The molecule has 200 valence electrons. The predicted octanol–water partition coefficient (Wildman–Crippen LogP) is 6.23. The maximum atomic E-state index is 13.4. The average Bonchev–Trinajstić information content (AvgIpc) is 3.32. The Bertz CT molecular complexity index is 1370. The molecule has 6 rings (SSSR count). The highest BCUT2D eigenvalue weighted by Gasteiger charge is 2.30. The predicted molar refractivity (Wildman–Crippen MR) is 157 cm³/mol. The molecule has 3 heterocycles. The largest absolute Gasteiger partial charge is 0.354 e. The third-order valence-electron chi connectivity index (χ3n) is 8.04. The van der Waals surface area contributed by atoms with E-state index in [2.05, 4.69) is 39.8 Å². The molecule has 6 heteroatoms. The number of hydrogen-bond donors (Lipinski definition) is 2. The van der Waals surface area contributed by atoms with E-state index in [4.69, 9.17) is 0 Å². The molecule has 2 fully saturated rings. The van der Waals surface area contributed by atoms with Crippen molar-refractivity contribution in [2.45, 2.75) is 45.1 Å². The van der Waals surface area contributed by atoms with Crippen molar-refractivity contribution in [3.05, 3.63) is 95.1 Å². The highest BCUT2D eigenvalue weighted by molar-refractivity contribution is 6.37. The third kappa shape index (κ3) is 5.62. The Kier molecular flexibility index (Phi) is 7.46. The summed E-state index contributed by atoms with van der Waals surface area (Å²) < 4.78 is 0. The first-order chi connectivity index (χ1) is 19.2. The fraction of sp³-hybridized carbons (Fsp3) is 0.333. The zero-order valence-corrected chi connectivity index (χ0v) is 22.4. The minimum atomic E-state index is -0.166. The first-order valence-corrected chi connectivity index (χ1v) is 14.3. The van der Waals surface area contributed by atoms with Gasteiger partial charge in [-0.05, 0) is 86.7 Å². The molecule has 2 N–H and O–H groups in total. The fourth-order valence-electron chi connectivity index (χ4n) is 5.93. The molecule has 0 saturated carbocycles. The molecule has 3 aromatic rings. The van der Waals surface area contributed by atoms with E-state index < -0.39 is 0 Å². The van der Waals surface area contributed by atoms with E-state index in [9.17, 15) is 9.59 Å². The molecule has 3 aromatic carbocycles. The number of likely N-dealkylation sites (tertiary alicyclic amines) is 2. The van der Waals surface area contributed by atoms with Gasteiger partial charge in [0.25, 0.3) is 11.8 Å². The Morgan fingerprint density at radius 1 is 0.769 bits per heavy atom. The van der Waals surface area contributed by atoms with Gasteiger partial charge < -0.3 is 15.5 Å². The van der Waals surface area contributed by atoms with Gasteiger partial charge in [0.1, 0.15) is 0 Å². The maximum Gasteiger partial charge on any atom is 0.258 e. The Hall–Kier alpha value is -3.90. The highest BCUT2D eigenvalue weighted by atomic mass is 16.2. The number of carbonyl (C=O) groups excluding carboxylic acids is 2. The van der Waals surface area contributed by atoms with Crippen molar-refractivity contribution in [2.75, 3.05) is 36.8 Å². The molecule has 6 nitrogen and oxygen atoms in total. The second kappa shape index (κ2) is 11.5. The molecule has 0 spiro atoms. The molecule has 0 aliphatic carbocycles. The summed E-state index contributed by atoms with van der Waals surface area (Å²) in [5, 5.41) is 6.58. The average molecular weight is 521 g/mol. The van der Waals surface area contributed by atoms with E-state index in [1.807, 2.05) is 53.4 Å². The quantitative estimate of drug-likeness (QED) is 0.378. The van der Waals surface area contributed by atoms with Crippen molar-refractivity contribution >= 4 is 34.5 Å². The Labute approximate surface area is 230 Å². The van der Waals surface area contributed by atoms with Crippen molar-refractivity contribution in [1.82, 2.24) is 9.80 Å². The standard InChI is InChI=1S/C33H36N4O2/c38-32-30(28-22-26(14-17-29(28)35-32)33(39)37-20-8-3-9-21-37)31(25-10-4-1-5-11-25)34-27-15-12-24(13-16-27)23-36-18-6-2-7-19-36/h1,4-5,10-17,22,34H,2-3,6-9,18-21,23H2,(H,35,38)/b31-30-. The van der Waals surface area contributed by atoms with Gasteiger partial charge in [-0.3, -0.25) is 14.5 Å². The normalized spacial score (nSPS) is 18.9. The zero-order valence-electron chi connectivity index (χ0n) is 22.4. The number of nitrogens with zero attached hydrogens (tertiary/aromatic N) is 2. The van der Waals surface area contributed by atoms with Gasteiger partial charge in [-0.25, -0.2) is 0 Å². The molecular formula is C33H36N4O2. The number of nitrogens with one attached hydrogen (secondary N) is 2. The SMILES string of the molecule is O=C1Nc2ccc(C(=O)N3CCCCC3)cc2/C1=C(/Nc1ccc(CN2CCCCC2)cc1)c1ccccc1. The van der Waals surface area contributed by atoms with Crippen molar-refractivity contribution < 1.29 is 9.59 Å². The van der Waals surface area contributed by atoms with Crippen molar-refractivity contribution in [1.29, 1.82) is 0 Å². The number of amides is 2. The first kappa shape index (κ1) is 25.4. The highest BCUT2D eigenvalue weighted by Crippen LogP contribution is 2.38. The summed E-state index contributed by atoms with van der Waals surface area (Å²) in [4.78, 5) is 31.1. The van der Waals surface area contributed by atoms with Crippen LogP contribution in [0, 0.1) is 0 Å². The van der Waals surface area contributed by atoms with E-state index in [0.717, 1.165) is 60.7 Å². The van der Waals surface area contributed by atoms with Gasteiger partial charge in [-0.1, -0.05) is 48.9 Å². The molecule has 0 atom stereocenters. The third-order valence-corrected chi connectivity index (χ3v) is 8.04. The lowest BCUT2D eigenvalue weighted by molar-refractivity contribution is -0.110. The zero-order chi connectivity index (χ0) is 26.6. The lowest BCUT2D eigenvalue weighted by atomic mass is 9.97. The smallest absolute Gasteiger partial charge is 0.258 e. The number of fused-ring (bicyclic) bond motifs is 1. The van der Waals surface area contributed by atoms with E-state index in [0.29, 0.717) is 11.1 Å². The molecule has 0 unspecified atom stereocenters. The van der Waals surface area contributed by atoms with Crippen molar-refractivity contribution in [3.63, 3.8) is 0 Å². The van der Waals surface area contributed by atoms with Gasteiger partial charge in [0.2, 0.25) is 0 Å². The van der Waals surface area contributed by atoms with Crippen LogP contribution in [0.1, 0.15) is 65.6 Å². The molecule has 2 amide bonds. The fourth-order valence-corrected chi connectivity index (χ4v) is 5.93. The summed E-state index contributed by atoms with van der Waals surface area (Å²) in [6.45, 7) is 4.89. The van der Waals surface area contributed by atoms with E-state index in [-0.39, 0.29) is 11.8 Å². The van der Waals surface area contributed by atoms with Crippen LogP contribution in [-0.4, -0.2) is 47.8 Å². The van der Waals surface area contributed by atoms with Gasteiger partial charge in [-0.15, -0.1) is 0 Å². The van der Waals surface area contributed by atoms with Gasteiger partial charge in [0, 0.05) is 42.1 Å². The number of piperidine rings is 2. The number of rotatable bonds is 6. The molecule has 2 saturated heterocycles. The van der Waals surface area contributed by atoms with Crippen LogP contribution in [0.4, 0.5) is 11.4 Å². The van der Waals surface area contributed by atoms with Crippen LogP contribution in [-0.2, 0) is 11.3 Å². The summed E-state index contributed by atoms with van der Waals surface area (Å²) in [7, 11) is 0. The van der Waals surface area contributed by atoms with Crippen LogP contribution in [0.15, 0.2) is 72.8 Å². The summed E-state index contributed by atoms with van der Waals surface area (Å²) in [6.07, 6.45) is 7.15. The summed E-state index contributed by atoms with van der Waals surface area (Å²) in [6, 6.07) is 24.0. The summed E-state index contributed by atoms with van der Waals surface area (Å²) in [5.74, 6) is -0.129. The minimum absolute atomic E-state index is 0.0368. The van der Waals surface area contributed by atoms with Crippen LogP contribution in [0.3, 0.4) is 0 Å². The van der Waals surface area contributed by atoms with Gasteiger partial charge in [-0.2, -0.15) is 0 Å². The molecule has 0 bridgehead atoms. The van der Waals surface area contributed by atoms with Gasteiger partial charge in [0.15, 0.2) is 0 Å². The van der Waals surface area contributed by atoms with Crippen LogP contribution in [0.25, 0.3) is 11.3 Å². The molecule has 0 aromatic heterocycles. The molecule has 3 aliphatic rings. The summed E-state index contributed by atoms with van der Waals surface area (Å²) in [5.41, 5.74) is 6.54. The van der Waals surface area contributed by atoms with Crippen LogP contribution < -0.4 is 10.6 Å². The van der Waals surface area contributed by atoms with Gasteiger partial charge >= 0.3 is 0 Å². The molecular weight excluding hydrogens is 484 g/mol. The number of benzene rings is 3. The monoisotopic (exact) mass is 520 g/mol. The van der Waals surface area contributed by atoms with Crippen LogP contribution in [0.2, 0.25) is 0 Å². The molecule has 39 heavy (non-hydrogen) atoms. The van der Waals surface area contributed by atoms with Crippen LogP contribution in [0.5, 0.6) is 0 Å². The number of hydrogen-bond acceptors (Lipinski definition) is 4. The Morgan fingerprint density at radius 2 is 1.46 bits per heavy atom. The van der Waals surface area contributed by atoms with Crippen LogP contribution >= 0.6 is 0 Å². The molecule has 3 aliphatic heterocycles. The lowest BCUT2D eigenvalue weighted by Gasteiger charge is -2.27. The topological polar surface area (TPSA) is 64.7 Å². The number of carbonyl (C=O) groups is 2. The second-order valence-corrected chi connectivity index (χ2v) is 10.8. The second-order valence-electron chi connectivity index (χ2n) is 10.8. The number of anilines is 2. The minimum Gasteiger partial charge on any atom is -0.354 e. The van der Waals surface area contributed by atoms with Crippen molar-refractivity contribution in [3.8, 4) is 0 Å². The van der Waals surface area contributed by atoms with Crippen molar-refractivity contribution in [2.24, 2.45) is 0 Å². The Balaban J connectivity index is 1.33. The van der Waals surface area contributed by atoms with Gasteiger partial charge in [0.05, 0.1) is 11.3 Å². The van der Waals surface area contributed by atoms with E-state index >= 15 is 0 Å². The first-order valence-electron chi connectivity index (χ1n) is 14.3. The molecule has 0 radical (unpaired) electrons.